The lowest BCUT2D eigenvalue weighted by atomic mass is 10.1. The van der Waals surface area contributed by atoms with Crippen molar-refractivity contribution in [2.45, 2.75) is 18.7 Å². The van der Waals surface area contributed by atoms with Gasteiger partial charge in [-0.2, -0.15) is 5.26 Å². The Morgan fingerprint density at radius 1 is 1.50 bits per heavy atom. The Bertz CT molecular complexity index is 561. The number of nitrogens with one attached hydrogen (secondary N) is 1. The van der Waals surface area contributed by atoms with E-state index in [1.54, 1.807) is 13.8 Å². The van der Waals surface area contributed by atoms with Crippen molar-refractivity contribution in [3.63, 3.8) is 0 Å². The molecule has 0 heterocycles. The van der Waals surface area contributed by atoms with Crippen molar-refractivity contribution in [1.82, 2.24) is 4.72 Å². The lowest BCUT2D eigenvalue weighted by molar-refractivity contribution is 0.238. The average molecular weight is 268 g/mol. The van der Waals surface area contributed by atoms with Gasteiger partial charge >= 0.3 is 0 Å². The molecule has 0 aliphatic rings. The van der Waals surface area contributed by atoms with Crippen LogP contribution >= 0.6 is 0 Å². The lowest BCUT2D eigenvalue weighted by Gasteiger charge is -2.11. The molecule has 1 aromatic rings. The van der Waals surface area contributed by atoms with Crippen molar-refractivity contribution < 1.29 is 13.5 Å². The van der Waals surface area contributed by atoms with Gasteiger partial charge in [0.1, 0.15) is 0 Å². The molecule has 0 amide bonds. The smallest absolute Gasteiger partial charge is 0.240 e. The largest absolute Gasteiger partial charge is 0.396 e. The molecule has 1 aromatic carbocycles. The maximum atomic E-state index is 11.9. The van der Waals surface area contributed by atoms with Crippen molar-refractivity contribution in [2.75, 3.05) is 13.2 Å². The molecule has 1 atom stereocenters. The topological polar surface area (TPSA) is 90.2 Å². The Kier molecular flexibility index (Phi) is 4.84. The van der Waals surface area contributed by atoms with E-state index in [1.165, 1.54) is 18.2 Å². The van der Waals surface area contributed by atoms with E-state index in [1.807, 2.05) is 6.07 Å². The maximum Gasteiger partial charge on any atom is 0.240 e. The van der Waals surface area contributed by atoms with Crippen LogP contribution in [-0.4, -0.2) is 26.7 Å². The first-order valence-corrected chi connectivity index (χ1v) is 7.00. The highest BCUT2D eigenvalue weighted by Crippen LogP contribution is 2.14. The number of hydrogen-bond acceptors (Lipinski definition) is 4. The van der Waals surface area contributed by atoms with Gasteiger partial charge in [-0.05, 0) is 36.6 Å². The first-order valence-electron chi connectivity index (χ1n) is 5.52. The van der Waals surface area contributed by atoms with Gasteiger partial charge in [-0.25, -0.2) is 13.1 Å². The minimum Gasteiger partial charge on any atom is -0.396 e. The SMILES string of the molecule is Cc1cc(S(=O)(=O)NCC(C)CO)ccc1C#N. The van der Waals surface area contributed by atoms with E-state index in [2.05, 4.69) is 4.72 Å². The number of rotatable bonds is 5. The van der Waals surface area contributed by atoms with E-state index in [9.17, 15) is 8.42 Å². The molecule has 0 aliphatic heterocycles. The van der Waals surface area contributed by atoms with E-state index in [4.69, 9.17) is 10.4 Å². The monoisotopic (exact) mass is 268 g/mol. The standard InChI is InChI=1S/C12H16N2O3S/c1-9(8-15)7-14-18(16,17)12-4-3-11(6-13)10(2)5-12/h3-5,9,14-15H,7-8H2,1-2H3. The van der Waals surface area contributed by atoms with Gasteiger partial charge in [-0.3, -0.25) is 0 Å². The number of aliphatic hydroxyl groups is 1. The van der Waals surface area contributed by atoms with E-state index in [-0.39, 0.29) is 24.0 Å². The predicted molar refractivity (Wildman–Crippen MR) is 67.3 cm³/mol. The lowest BCUT2D eigenvalue weighted by Crippen LogP contribution is -2.29. The Morgan fingerprint density at radius 3 is 2.67 bits per heavy atom. The Morgan fingerprint density at radius 2 is 2.17 bits per heavy atom. The van der Waals surface area contributed by atoms with Gasteiger partial charge in [0.25, 0.3) is 0 Å². The second kappa shape index (κ2) is 5.96. The summed E-state index contributed by atoms with van der Waals surface area (Å²) in [7, 11) is -3.58. The minimum atomic E-state index is -3.58. The molecule has 0 aromatic heterocycles. The van der Waals surface area contributed by atoms with Crippen molar-refractivity contribution in [3.8, 4) is 6.07 Å². The summed E-state index contributed by atoms with van der Waals surface area (Å²) in [5.74, 6) is -0.140. The van der Waals surface area contributed by atoms with E-state index < -0.39 is 10.0 Å². The first-order chi connectivity index (χ1) is 8.40. The molecule has 0 bridgehead atoms. The van der Waals surface area contributed by atoms with Gasteiger partial charge in [0, 0.05) is 13.2 Å². The number of hydrogen-bond donors (Lipinski definition) is 2. The fraction of sp³-hybridized carbons (Fsp3) is 0.417. The molecular formula is C12H16N2O3S. The predicted octanol–water partition coefficient (Wildman–Crippen LogP) is 0.773. The van der Waals surface area contributed by atoms with Crippen molar-refractivity contribution in [3.05, 3.63) is 29.3 Å². The van der Waals surface area contributed by atoms with Crippen molar-refractivity contribution in [2.24, 2.45) is 5.92 Å². The number of benzene rings is 1. The van der Waals surface area contributed by atoms with Crippen LogP contribution in [0.15, 0.2) is 23.1 Å². The van der Waals surface area contributed by atoms with Crippen LogP contribution in [0.3, 0.4) is 0 Å². The molecule has 0 aliphatic carbocycles. The molecule has 0 saturated heterocycles. The summed E-state index contributed by atoms with van der Waals surface area (Å²) in [4.78, 5) is 0.129. The molecule has 1 unspecified atom stereocenters. The molecule has 2 N–H and O–H groups in total. The van der Waals surface area contributed by atoms with Crippen LogP contribution in [0.2, 0.25) is 0 Å². The second-order valence-electron chi connectivity index (χ2n) is 4.23. The summed E-state index contributed by atoms with van der Waals surface area (Å²) >= 11 is 0. The Hall–Kier alpha value is -1.42. The van der Waals surface area contributed by atoms with Gasteiger partial charge in [0.05, 0.1) is 16.5 Å². The fourth-order valence-corrected chi connectivity index (χ4v) is 2.58. The van der Waals surface area contributed by atoms with Crippen LogP contribution in [-0.2, 0) is 10.0 Å². The molecule has 0 radical (unpaired) electrons. The zero-order chi connectivity index (χ0) is 13.8. The van der Waals surface area contributed by atoms with Crippen molar-refractivity contribution >= 4 is 10.0 Å². The summed E-state index contributed by atoms with van der Waals surface area (Å²) in [5.41, 5.74) is 1.08. The van der Waals surface area contributed by atoms with Gasteiger partial charge < -0.3 is 5.11 Å². The molecule has 0 spiro atoms. The fourth-order valence-electron chi connectivity index (χ4n) is 1.33. The van der Waals surface area contributed by atoms with Gasteiger partial charge in [-0.15, -0.1) is 0 Å². The molecule has 18 heavy (non-hydrogen) atoms. The molecule has 0 saturated carbocycles. The van der Waals surface area contributed by atoms with Gasteiger partial charge in [-0.1, -0.05) is 6.92 Å². The molecule has 1 rings (SSSR count). The zero-order valence-electron chi connectivity index (χ0n) is 10.3. The quantitative estimate of drug-likeness (QED) is 0.825. The molecule has 0 fully saturated rings. The van der Waals surface area contributed by atoms with Crippen LogP contribution in [0.1, 0.15) is 18.1 Å². The summed E-state index contributed by atoms with van der Waals surface area (Å²) in [6.07, 6.45) is 0. The zero-order valence-corrected chi connectivity index (χ0v) is 11.2. The maximum absolute atomic E-state index is 11.9. The number of aryl methyl sites for hydroxylation is 1. The normalized spacial score (nSPS) is 13.0. The van der Waals surface area contributed by atoms with Crippen molar-refractivity contribution in [1.29, 1.82) is 5.26 Å². The molecule has 5 nitrogen and oxygen atoms in total. The third kappa shape index (κ3) is 3.53. The molecule has 6 heteroatoms. The first kappa shape index (κ1) is 14.6. The van der Waals surface area contributed by atoms with E-state index in [0.717, 1.165) is 0 Å². The van der Waals surface area contributed by atoms with Crippen LogP contribution < -0.4 is 4.72 Å². The number of aliphatic hydroxyl groups excluding tert-OH is 1. The van der Waals surface area contributed by atoms with Gasteiger partial charge in [0.15, 0.2) is 0 Å². The Labute approximate surface area is 107 Å². The molecule has 98 valence electrons. The van der Waals surface area contributed by atoms with E-state index in [0.29, 0.717) is 11.1 Å². The second-order valence-corrected chi connectivity index (χ2v) is 6.00. The highest BCUT2D eigenvalue weighted by molar-refractivity contribution is 7.89. The third-order valence-corrected chi connectivity index (χ3v) is 3.98. The molecular weight excluding hydrogens is 252 g/mol. The minimum absolute atomic E-state index is 0.0745. The highest BCUT2D eigenvalue weighted by Gasteiger charge is 2.15. The summed E-state index contributed by atoms with van der Waals surface area (Å²) in [6, 6.07) is 6.33. The third-order valence-electron chi connectivity index (χ3n) is 2.56. The summed E-state index contributed by atoms with van der Waals surface area (Å²) in [5, 5.41) is 17.6. The van der Waals surface area contributed by atoms with Crippen LogP contribution in [0.4, 0.5) is 0 Å². The van der Waals surface area contributed by atoms with Crippen LogP contribution in [0, 0.1) is 24.2 Å². The van der Waals surface area contributed by atoms with E-state index >= 15 is 0 Å². The summed E-state index contributed by atoms with van der Waals surface area (Å²) < 4.78 is 26.3. The van der Waals surface area contributed by atoms with Crippen LogP contribution in [0.5, 0.6) is 0 Å². The summed E-state index contributed by atoms with van der Waals surface area (Å²) in [6.45, 7) is 3.53. The average Bonchev–Trinajstić information content (AvgIpc) is 2.35. The number of sulfonamides is 1. The number of nitrogens with zero attached hydrogens (tertiary/aromatic N) is 1. The number of nitriles is 1. The highest BCUT2D eigenvalue weighted by atomic mass is 32.2. The van der Waals surface area contributed by atoms with Gasteiger partial charge in [0.2, 0.25) is 10.0 Å². The Balaban J connectivity index is 2.93. The van der Waals surface area contributed by atoms with Crippen LogP contribution in [0.25, 0.3) is 0 Å².